The normalized spacial score (nSPS) is 15.2. The van der Waals surface area contributed by atoms with Crippen molar-refractivity contribution in [3.8, 4) is 5.75 Å². The summed E-state index contributed by atoms with van der Waals surface area (Å²) >= 11 is 1.76. The van der Waals surface area contributed by atoms with Crippen molar-refractivity contribution in [2.45, 2.75) is 26.3 Å². The fourth-order valence-corrected chi connectivity index (χ4v) is 4.22. The molecule has 1 aliphatic rings. The third-order valence-corrected chi connectivity index (χ3v) is 5.63. The number of aromatic nitrogens is 3. The van der Waals surface area contributed by atoms with Crippen LogP contribution >= 0.6 is 11.3 Å². The summed E-state index contributed by atoms with van der Waals surface area (Å²) in [6, 6.07) is 6.09. The van der Waals surface area contributed by atoms with Gasteiger partial charge in [0, 0.05) is 49.9 Å². The summed E-state index contributed by atoms with van der Waals surface area (Å²) in [4.78, 5) is 11.6. The molecule has 24 heavy (non-hydrogen) atoms. The fourth-order valence-electron chi connectivity index (χ4n) is 3.25. The molecule has 0 N–H and O–H groups in total. The van der Waals surface area contributed by atoms with Crippen LogP contribution in [0.2, 0.25) is 0 Å². The van der Waals surface area contributed by atoms with E-state index in [0.29, 0.717) is 11.8 Å². The van der Waals surface area contributed by atoms with E-state index in [0.717, 1.165) is 36.0 Å². The largest absolute Gasteiger partial charge is 0.497 e. The van der Waals surface area contributed by atoms with Crippen LogP contribution in [0.1, 0.15) is 25.6 Å². The summed E-state index contributed by atoms with van der Waals surface area (Å²) in [6.45, 7) is 7.56. The number of fused-ring (bicyclic) bond motifs is 1. The Labute approximate surface area is 145 Å². The molecule has 6 heteroatoms. The first kappa shape index (κ1) is 15.4. The Hall–Kier alpha value is -2.08. The van der Waals surface area contributed by atoms with E-state index in [1.807, 2.05) is 18.3 Å². The third-order valence-electron chi connectivity index (χ3n) is 4.53. The van der Waals surface area contributed by atoms with Crippen LogP contribution in [0.15, 0.2) is 30.6 Å². The summed E-state index contributed by atoms with van der Waals surface area (Å²) in [6.07, 6.45) is 4.01. The van der Waals surface area contributed by atoms with Crippen LogP contribution in [0.25, 0.3) is 10.2 Å². The maximum atomic E-state index is 5.28. The Morgan fingerprint density at radius 1 is 1.33 bits per heavy atom. The molecule has 0 saturated carbocycles. The quantitative estimate of drug-likeness (QED) is 0.708. The van der Waals surface area contributed by atoms with Gasteiger partial charge in [0.15, 0.2) is 5.13 Å². The molecule has 0 spiro atoms. The second-order valence-corrected chi connectivity index (χ2v) is 7.70. The second-order valence-electron chi connectivity index (χ2n) is 6.69. The lowest BCUT2D eigenvalue weighted by atomic mass is 10.0. The zero-order chi connectivity index (χ0) is 16.7. The highest BCUT2D eigenvalue weighted by molar-refractivity contribution is 7.22. The second kappa shape index (κ2) is 6.09. The maximum absolute atomic E-state index is 5.28. The molecule has 3 aromatic rings. The average molecular weight is 342 g/mol. The number of imidazole rings is 1. The number of hydrogen-bond donors (Lipinski definition) is 0. The van der Waals surface area contributed by atoms with Gasteiger partial charge in [-0.1, -0.05) is 25.2 Å². The molecule has 1 saturated heterocycles. The van der Waals surface area contributed by atoms with E-state index >= 15 is 0 Å². The van der Waals surface area contributed by atoms with E-state index in [1.165, 1.54) is 10.5 Å². The number of methoxy groups -OCH3 is 1. The van der Waals surface area contributed by atoms with Crippen molar-refractivity contribution >= 4 is 26.7 Å². The molecule has 1 fully saturated rings. The van der Waals surface area contributed by atoms with Gasteiger partial charge >= 0.3 is 0 Å². The van der Waals surface area contributed by atoms with Gasteiger partial charge in [-0.25, -0.2) is 9.97 Å². The molecule has 3 heterocycles. The summed E-state index contributed by atoms with van der Waals surface area (Å²) in [5.41, 5.74) is 1.02. The molecule has 1 aromatic carbocycles. The van der Waals surface area contributed by atoms with Crippen molar-refractivity contribution in [3.63, 3.8) is 0 Å². The fraction of sp³-hybridized carbons (Fsp3) is 0.444. The van der Waals surface area contributed by atoms with E-state index in [1.54, 1.807) is 18.4 Å². The Kier molecular flexibility index (Phi) is 3.92. The van der Waals surface area contributed by atoms with Gasteiger partial charge in [0.25, 0.3) is 0 Å². The molecule has 126 valence electrons. The van der Waals surface area contributed by atoms with Crippen LogP contribution in [0.4, 0.5) is 5.13 Å². The first-order valence-corrected chi connectivity index (χ1v) is 9.16. The van der Waals surface area contributed by atoms with Gasteiger partial charge in [-0.15, -0.1) is 0 Å². The monoisotopic (exact) mass is 342 g/mol. The summed E-state index contributed by atoms with van der Waals surface area (Å²) in [7, 11) is 1.69. The number of anilines is 1. The minimum atomic E-state index is 0.468. The lowest BCUT2D eigenvalue weighted by Gasteiger charge is -2.39. The van der Waals surface area contributed by atoms with Gasteiger partial charge in [0.1, 0.15) is 11.6 Å². The first-order valence-electron chi connectivity index (χ1n) is 8.34. The topological polar surface area (TPSA) is 43.2 Å². The molecular weight excluding hydrogens is 320 g/mol. The summed E-state index contributed by atoms with van der Waals surface area (Å²) in [5, 5.41) is 1.12. The number of hydrogen-bond acceptors (Lipinski definition) is 5. The molecule has 0 bridgehead atoms. The molecule has 0 radical (unpaired) electrons. The van der Waals surface area contributed by atoms with Crippen LogP contribution in [0.5, 0.6) is 5.75 Å². The lowest BCUT2D eigenvalue weighted by molar-refractivity contribution is 0.350. The average Bonchev–Trinajstić information content (AvgIpc) is 3.15. The van der Waals surface area contributed by atoms with E-state index in [4.69, 9.17) is 9.72 Å². The molecule has 2 aromatic heterocycles. The van der Waals surface area contributed by atoms with Gasteiger partial charge in [-0.05, 0) is 12.1 Å². The van der Waals surface area contributed by atoms with Crippen molar-refractivity contribution in [2.24, 2.45) is 5.92 Å². The summed E-state index contributed by atoms with van der Waals surface area (Å²) in [5.74, 6) is 3.18. The van der Waals surface area contributed by atoms with Crippen molar-refractivity contribution < 1.29 is 4.74 Å². The molecule has 4 rings (SSSR count). The lowest BCUT2D eigenvalue weighted by Crippen LogP contribution is -2.48. The number of nitrogens with zero attached hydrogens (tertiary/aromatic N) is 4. The number of benzene rings is 1. The van der Waals surface area contributed by atoms with E-state index in [2.05, 4.69) is 40.6 Å². The van der Waals surface area contributed by atoms with E-state index < -0.39 is 0 Å². The Morgan fingerprint density at radius 3 is 2.92 bits per heavy atom. The standard InChI is InChI=1S/C18H22N4OS/c1-12(2)17-19-6-7-21(17)9-13-10-22(11-13)18-20-15-8-14(23-3)4-5-16(15)24-18/h4-8,12-13H,9-11H2,1-3H3. The number of rotatable bonds is 5. The predicted octanol–water partition coefficient (Wildman–Crippen LogP) is 3.76. The van der Waals surface area contributed by atoms with Crippen molar-refractivity contribution in [1.29, 1.82) is 0 Å². The van der Waals surface area contributed by atoms with E-state index in [9.17, 15) is 0 Å². The first-order chi connectivity index (χ1) is 11.6. The molecule has 5 nitrogen and oxygen atoms in total. The zero-order valence-corrected chi connectivity index (χ0v) is 15.1. The number of ether oxygens (including phenoxy) is 1. The Balaban J connectivity index is 1.43. The highest BCUT2D eigenvalue weighted by Crippen LogP contribution is 2.34. The van der Waals surface area contributed by atoms with Crippen molar-refractivity contribution in [1.82, 2.24) is 14.5 Å². The molecular formula is C18H22N4OS. The van der Waals surface area contributed by atoms with Crippen LogP contribution in [-0.4, -0.2) is 34.7 Å². The highest BCUT2D eigenvalue weighted by atomic mass is 32.1. The molecule has 0 unspecified atom stereocenters. The number of thiazole rings is 1. The summed E-state index contributed by atoms with van der Waals surface area (Å²) < 4.78 is 8.80. The predicted molar refractivity (Wildman–Crippen MR) is 98.2 cm³/mol. The molecule has 1 aliphatic heterocycles. The molecule has 0 atom stereocenters. The van der Waals surface area contributed by atoms with Gasteiger partial charge in [0.2, 0.25) is 0 Å². The van der Waals surface area contributed by atoms with Gasteiger partial charge < -0.3 is 14.2 Å². The minimum absolute atomic E-state index is 0.468. The van der Waals surface area contributed by atoms with Crippen LogP contribution in [-0.2, 0) is 6.54 Å². The SMILES string of the molecule is COc1ccc2sc(N3CC(Cn4ccnc4C(C)C)C3)nc2c1. The zero-order valence-electron chi connectivity index (χ0n) is 14.3. The van der Waals surface area contributed by atoms with E-state index in [-0.39, 0.29) is 0 Å². The molecule has 0 amide bonds. The van der Waals surface area contributed by atoms with Crippen molar-refractivity contribution in [2.75, 3.05) is 25.1 Å². The van der Waals surface area contributed by atoms with Crippen LogP contribution in [0, 0.1) is 5.92 Å². The Morgan fingerprint density at radius 2 is 2.17 bits per heavy atom. The van der Waals surface area contributed by atoms with Crippen LogP contribution < -0.4 is 9.64 Å². The smallest absolute Gasteiger partial charge is 0.186 e. The highest BCUT2D eigenvalue weighted by Gasteiger charge is 2.29. The molecule has 0 aliphatic carbocycles. The van der Waals surface area contributed by atoms with Gasteiger partial charge in [-0.3, -0.25) is 0 Å². The Bertz CT molecular complexity index is 848. The maximum Gasteiger partial charge on any atom is 0.186 e. The van der Waals surface area contributed by atoms with Crippen LogP contribution in [0.3, 0.4) is 0 Å². The third kappa shape index (κ3) is 2.75. The van der Waals surface area contributed by atoms with Gasteiger partial charge in [-0.2, -0.15) is 0 Å². The van der Waals surface area contributed by atoms with Gasteiger partial charge in [0.05, 0.1) is 17.3 Å². The van der Waals surface area contributed by atoms with Crippen molar-refractivity contribution in [3.05, 3.63) is 36.4 Å². The minimum Gasteiger partial charge on any atom is -0.497 e.